The summed E-state index contributed by atoms with van der Waals surface area (Å²) in [5.74, 6) is -8.00. The molecule has 21 heteroatoms. The van der Waals surface area contributed by atoms with E-state index in [-0.39, 0.29) is 70.0 Å². The van der Waals surface area contributed by atoms with Crippen LogP contribution >= 0.6 is 0 Å². The zero-order valence-electron chi connectivity index (χ0n) is 64.2. The number of likely N-dealkylation sites (N-methyl/N-ethyl adjacent to an activating group) is 2. The van der Waals surface area contributed by atoms with Crippen LogP contribution in [0.1, 0.15) is 168 Å². The van der Waals surface area contributed by atoms with Gasteiger partial charge in [-0.3, -0.25) is 38.4 Å². The lowest BCUT2D eigenvalue weighted by Gasteiger charge is -2.38. The van der Waals surface area contributed by atoms with Crippen molar-refractivity contribution in [2.24, 2.45) is 23.7 Å². The maximum Gasteiger partial charge on any atom is 0.329 e. The van der Waals surface area contributed by atoms with Gasteiger partial charge >= 0.3 is 5.97 Å². The summed E-state index contributed by atoms with van der Waals surface area (Å²) >= 11 is 0. The second-order valence-electron chi connectivity index (χ2n) is 29.7. The van der Waals surface area contributed by atoms with Crippen molar-refractivity contribution in [3.63, 3.8) is 0 Å². The fraction of sp³-hybridized carbons (Fsp3) is 0.471. The summed E-state index contributed by atoms with van der Waals surface area (Å²) in [7, 11) is 2.93. The molecule has 6 aromatic rings. The van der Waals surface area contributed by atoms with Crippen LogP contribution in [0, 0.1) is 23.7 Å². The molecule has 1 aliphatic rings. The Hall–Kier alpha value is -9.73. The molecule has 1 fully saturated rings. The molecule has 570 valence electrons. The van der Waals surface area contributed by atoms with E-state index in [0.717, 1.165) is 27.8 Å². The van der Waals surface area contributed by atoms with E-state index < -0.39 is 131 Å². The van der Waals surface area contributed by atoms with Gasteiger partial charge in [0.25, 0.3) is 0 Å². The molecule has 0 aromatic heterocycles. The monoisotopic (exact) mass is 1450 g/mol. The molecule has 1 aliphatic heterocycles. The van der Waals surface area contributed by atoms with Gasteiger partial charge in [-0.1, -0.05) is 232 Å². The van der Waals surface area contributed by atoms with Crippen LogP contribution in [0.25, 0.3) is 0 Å². The zero-order chi connectivity index (χ0) is 77.3. The number of carbonyl (C=O) groups excluding carboxylic acids is 9. The molecule has 106 heavy (non-hydrogen) atoms. The first-order valence-electron chi connectivity index (χ1n) is 37.4. The normalized spacial score (nSPS) is 19.9. The topological polar surface area (TPSA) is 269 Å². The Morgan fingerprint density at radius 1 is 0.566 bits per heavy atom. The van der Waals surface area contributed by atoms with Crippen LogP contribution in [-0.2, 0) is 82.5 Å². The first-order chi connectivity index (χ1) is 50.5. The lowest BCUT2D eigenvalue weighted by molar-refractivity contribution is -0.164. The average Bonchev–Trinajstić information content (AvgIpc) is 0.764. The number of nitrogens with one attached hydrogen (secondary N) is 6. The second-order valence-corrected chi connectivity index (χ2v) is 29.7. The smallest absolute Gasteiger partial charge is 0.329 e. The summed E-state index contributed by atoms with van der Waals surface area (Å²) in [6, 6.07) is 44.9. The van der Waals surface area contributed by atoms with Gasteiger partial charge < -0.3 is 60.6 Å². The molecule has 0 saturated carbocycles. The van der Waals surface area contributed by atoms with Crippen molar-refractivity contribution < 1.29 is 62.1 Å². The number of hydrogen-bond acceptors (Lipinski definition) is 13. The highest BCUT2D eigenvalue weighted by Crippen LogP contribution is 2.37. The van der Waals surface area contributed by atoms with Crippen LogP contribution in [0.2, 0.25) is 0 Å². The average molecular weight is 1450 g/mol. The second kappa shape index (κ2) is 40.1. The molecule has 1 heterocycles. The summed E-state index contributed by atoms with van der Waals surface area (Å²) in [6.45, 7) is 21.7. The molecule has 0 spiro atoms. The largest absolute Gasteiger partial charge is 0.488 e. The molecule has 0 bridgehead atoms. The summed E-state index contributed by atoms with van der Waals surface area (Å²) in [4.78, 5) is 139. The molecule has 6 aromatic carbocycles. The van der Waals surface area contributed by atoms with Gasteiger partial charge in [0.1, 0.15) is 65.3 Å². The molecule has 10 atom stereocenters. The molecule has 0 radical (unpaired) electrons. The summed E-state index contributed by atoms with van der Waals surface area (Å²) in [5, 5.41) is 17.8. The Balaban J connectivity index is 1.30. The molecular formula is C85H112N8O13. The van der Waals surface area contributed by atoms with Crippen molar-refractivity contribution in [2.75, 3.05) is 14.1 Å². The number of carbonyl (C=O) groups is 9. The Labute approximate surface area is 626 Å². The summed E-state index contributed by atoms with van der Waals surface area (Å²) < 4.78 is 25.3. The van der Waals surface area contributed by atoms with Gasteiger partial charge in [-0.25, -0.2) is 4.79 Å². The van der Waals surface area contributed by atoms with E-state index in [2.05, 4.69) is 31.9 Å². The Kier molecular flexibility index (Phi) is 31.6. The van der Waals surface area contributed by atoms with Crippen molar-refractivity contribution in [3.05, 3.63) is 209 Å². The van der Waals surface area contributed by atoms with E-state index in [0.29, 0.717) is 24.2 Å². The van der Waals surface area contributed by atoms with Crippen LogP contribution in [0.15, 0.2) is 176 Å². The quantitative estimate of drug-likeness (QED) is 0.0139. The highest BCUT2D eigenvalue weighted by Gasteiger charge is 2.44. The van der Waals surface area contributed by atoms with Gasteiger partial charge in [0.05, 0.1) is 13.2 Å². The van der Waals surface area contributed by atoms with Crippen molar-refractivity contribution in [2.45, 2.75) is 220 Å². The number of benzene rings is 6. The van der Waals surface area contributed by atoms with Crippen molar-refractivity contribution >= 4 is 53.2 Å². The van der Waals surface area contributed by atoms with Crippen molar-refractivity contribution in [1.29, 1.82) is 0 Å². The van der Waals surface area contributed by atoms with E-state index in [4.69, 9.17) is 18.9 Å². The zero-order valence-corrected chi connectivity index (χ0v) is 64.2. The molecule has 1 saturated heterocycles. The predicted octanol–water partition coefficient (Wildman–Crippen LogP) is 11.0. The molecule has 7 rings (SSSR count). The Morgan fingerprint density at radius 3 is 1.54 bits per heavy atom. The van der Waals surface area contributed by atoms with E-state index in [9.17, 15) is 9.59 Å². The summed E-state index contributed by atoms with van der Waals surface area (Å²) in [6.07, 6.45) is -2.10. The van der Waals surface area contributed by atoms with Crippen LogP contribution in [0.5, 0.6) is 5.75 Å². The van der Waals surface area contributed by atoms with Crippen LogP contribution in [0.3, 0.4) is 0 Å². The Morgan fingerprint density at radius 2 is 1.06 bits per heavy atom. The number of ether oxygens (including phenoxy) is 4. The van der Waals surface area contributed by atoms with E-state index >= 15 is 33.6 Å². The van der Waals surface area contributed by atoms with Crippen molar-refractivity contribution in [3.8, 4) is 5.75 Å². The number of esters is 1. The fourth-order valence-electron chi connectivity index (χ4n) is 13.0. The maximum absolute atomic E-state index is 15.7. The van der Waals surface area contributed by atoms with Crippen LogP contribution in [0.4, 0.5) is 0 Å². The highest BCUT2D eigenvalue weighted by molar-refractivity contribution is 5.98. The van der Waals surface area contributed by atoms with Gasteiger partial charge in [0.2, 0.25) is 47.3 Å². The highest BCUT2D eigenvalue weighted by atomic mass is 16.7. The van der Waals surface area contributed by atoms with Crippen LogP contribution < -0.4 is 36.6 Å². The number of nitrogens with zero attached hydrogens (tertiary/aromatic N) is 2. The first kappa shape index (κ1) is 83.5. The molecule has 6 N–H and O–H groups in total. The standard InChI is InChI=1S/C85H112N8O13/c1-15-57(7)73-82(101)92(13)70(52-60-45-47-66(48-46-60)106-84(10,11)12)81(100)93(14)75(58(8)16-2)83(102)105-59(9)74(80(99)88-69(51-55(3)4)79(98)87-68(78(97)89-73)49-50-72(103-53-61-33-22-17-23-34-61)104-54-62-35-24-18-25-36-62)90-77(96)67(86-76(95)56(5)6)43-32-44-71(94)91-85(63-37-26-19-27-38-63,64-39-28-20-29-40-64)65-41-30-21-31-42-65/h17-31,33-42,45-48,55-59,67-70,72-75H,15-16,32,43-44,49-54H2,1-14H3,(H,86,95)(H,87,98)(H,88,99)(H,89,97)(H,90,96)(H,91,94). The fourth-order valence-corrected chi connectivity index (χ4v) is 13.0. The SMILES string of the molecule is CCC(C)C1NC(=O)C(CCC(OCc2ccccc2)OCc2ccccc2)NC(=O)C(CC(C)C)NC(=O)C(NC(=O)C(CCCC(=O)NC(c2ccccc2)(c2ccccc2)c2ccccc2)NC(=O)C(C)C)C(C)OC(=O)C(C(C)CC)N(C)C(=O)C(Cc2ccc(OC(C)(C)C)cc2)N(C)C1=O. The first-order valence-corrected chi connectivity index (χ1v) is 37.4. The minimum atomic E-state index is -1.80. The predicted molar refractivity (Wildman–Crippen MR) is 409 cm³/mol. The molecule has 10 unspecified atom stereocenters. The third-order valence-electron chi connectivity index (χ3n) is 19.4. The third kappa shape index (κ3) is 23.9. The number of cyclic esters (lactones) is 1. The molecular weight excluding hydrogens is 1340 g/mol. The summed E-state index contributed by atoms with van der Waals surface area (Å²) in [5.41, 5.74) is 3.05. The van der Waals surface area contributed by atoms with E-state index in [1.807, 2.05) is 200 Å². The van der Waals surface area contributed by atoms with Crippen molar-refractivity contribution in [1.82, 2.24) is 41.7 Å². The van der Waals surface area contributed by atoms with Gasteiger partial charge in [0.15, 0.2) is 6.29 Å². The molecule has 0 aliphatic carbocycles. The minimum Gasteiger partial charge on any atom is -0.488 e. The van der Waals surface area contributed by atoms with Gasteiger partial charge in [-0.05, 0) is 117 Å². The lowest BCUT2D eigenvalue weighted by atomic mass is 9.77. The molecule has 21 nitrogen and oxygen atoms in total. The number of amides is 8. The van der Waals surface area contributed by atoms with Gasteiger partial charge in [0, 0.05) is 39.3 Å². The molecule has 8 amide bonds. The number of hydrogen-bond donors (Lipinski definition) is 6. The van der Waals surface area contributed by atoms with E-state index in [1.165, 1.54) is 30.8 Å². The third-order valence-corrected chi connectivity index (χ3v) is 19.4. The lowest BCUT2D eigenvalue weighted by Crippen LogP contribution is -2.62. The van der Waals surface area contributed by atoms with Crippen LogP contribution in [-0.4, -0.2) is 137 Å². The number of rotatable bonds is 30. The maximum atomic E-state index is 15.7. The van der Waals surface area contributed by atoms with Gasteiger partial charge in [-0.2, -0.15) is 0 Å². The Bertz CT molecular complexity index is 3660. The minimum absolute atomic E-state index is 0.00547. The van der Waals surface area contributed by atoms with Gasteiger partial charge in [-0.15, -0.1) is 0 Å². The van der Waals surface area contributed by atoms with E-state index in [1.54, 1.807) is 52.0 Å².